The third-order valence-electron chi connectivity index (χ3n) is 8.10. The van der Waals surface area contributed by atoms with Crippen LogP contribution < -0.4 is 0 Å². The molecule has 3 aliphatic rings. The van der Waals surface area contributed by atoms with Gasteiger partial charge < -0.3 is 5.11 Å². The summed E-state index contributed by atoms with van der Waals surface area (Å²) in [5.74, 6) is 3.74. The second-order valence-corrected chi connectivity index (χ2v) is 8.87. The molecule has 0 aromatic carbocycles. The van der Waals surface area contributed by atoms with Gasteiger partial charge >= 0.3 is 0 Å². The van der Waals surface area contributed by atoms with Crippen molar-refractivity contribution < 1.29 is 5.11 Å². The smallest absolute Gasteiger partial charge is 0.0574 e. The molecule has 0 radical (unpaired) electrons. The minimum atomic E-state index is -0.0387. The second-order valence-electron chi connectivity index (χ2n) is 8.87. The number of rotatable bonds is 1. The maximum absolute atomic E-state index is 10.6. The van der Waals surface area contributed by atoms with E-state index in [9.17, 15) is 5.11 Å². The summed E-state index contributed by atoms with van der Waals surface area (Å²) in [5, 5.41) is 10.6. The van der Waals surface area contributed by atoms with E-state index in [4.69, 9.17) is 0 Å². The van der Waals surface area contributed by atoms with E-state index in [2.05, 4.69) is 34.6 Å². The summed E-state index contributed by atoms with van der Waals surface area (Å²) in [4.78, 5) is 0. The molecule has 0 aromatic heterocycles. The van der Waals surface area contributed by atoms with E-state index in [0.29, 0.717) is 22.7 Å². The third kappa shape index (κ3) is 1.76. The Hall–Kier alpha value is -0.0400. The molecule has 0 aliphatic heterocycles. The third-order valence-corrected chi connectivity index (χ3v) is 8.10. The minimum absolute atomic E-state index is 0.0387. The molecule has 0 spiro atoms. The number of aliphatic hydroxyl groups excluding tert-OH is 1. The fourth-order valence-electron chi connectivity index (χ4n) is 5.95. The van der Waals surface area contributed by atoms with Gasteiger partial charge in [0, 0.05) is 0 Å². The van der Waals surface area contributed by atoms with Crippen LogP contribution in [-0.4, -0.2) is 11.2 Å². The van der Waals surface area contributed by atoms with Crippen molar-refractivity contribution in [1.82, 2.24) is 0 Å². The molecule has 2 bridgehead atoms. The van der Waals surface area contributed by atoms with Crippen molar-refractivity contribution >= 4 is 0 Å². The zero-order valence-electron chi connectivity index (χ0n) is 13.4. The molecule has 3 fully saturated rings. The van der Waals surface area contributed by atoms with Crippen LogP contribution in [0.2, 0.25) is 0 Å². The molecule has 1 heteroatoms. The molecule has 3 aliphatic carbocycles. The fourth-order valence-corrected chi connectivity index (χ4v) is 5.95. The zero-order chi connectivity index (χ0) is 14.0. The van der Waals surface area contributed by atoms with E-state index in [1.807, 2.05) is 0 Å². The van der Waals surface area contributed by atoms with Crippen LogP contribution >= 0.6 is 0 Å². The molecule has 19 heavy (non-hydrogen) atoms. The van der Waals surface area contributed by atoms with E-state index in [-0.39, 0.29) is 6.10 Å². The summed E-state index contributed by atoms with van der Waals surface area (Å²) in [6.45, 7) is 12.2. The molecule has 0 heterocycles. The van der Waals surface area contributed by atoms with Crippen molar-refractivity contribution in [2.45, 2.75) is 72.8 Å². The van der Waals surface area contributed by atoms with E-state index in [1.54, 1.807) is 0 Å². The van der Waals surface area contributed by atoms with E-state index in [0.717, 1.165) is 24.2 Å². The van der Waals surface area contributed by atoms with E-state index < -0.39 is 0 Å². The molecule has 3 rings (SSSR count). The normalized spacial score (nSPS) is 56.5. The standard InChI is InChI=1S/C18H32O/c1-11-8-14(16(19)9-12(11)2)15-10-13-6-7-18(15,5)17(13,3)4/h11-16,19H,6-10H2,1-5H3/t11-,12-,13-,14+,15+,16+,18-/m1/s1. The predicted octanol–water partition coefficient (Wildman–Crippen LogP) is 4.49. The zero-order valence-corrected chi connectivity index (χ0v) is 13.4. The minimum Gasteiger partial charge on any atom is -0.393 e. The van der Waals surface area contributed by atoms with Gasteiger partial charge in [-0.2, -0.15) is 0 Å². The molecule has 1 N–H and O–H groups in total. The molecular formula is C18H32O. The Bertz CT molecular complexity index is 361. The lowest BCUT2D eigenvalue weighted by atomic mass is 9.58. The highest BCUT2D eigenvalue weighted by Gasteiger charge is 2.63. The Morgan fingerprint density at radius 2 is 1.58 bits per heavy atom. The number of hydrogen-bond acceptors (Lipinski definition) is 1. The maximum Gasteiger partial charge on any atom is 0.0574 e. The molecular weight excluding hydrogens is 232 g/mol. The van der Waals surface area contributed by atoms with Crippen LogP contribution in [0.3, 0.4) is 0 Å². The summed E-state index contributed by atoms with van der Waals surface area (Å²) in [6, 6.07) is 0. The van der Waals surface area contributed by atoms with Crippen molar-refractivity contribution in [1.29, 1.82) is 0 Å². The van der Waals surface area contributed by atoms with Gasteiger partial charge in [-0.1, -0.05) is 34.6 Å². The lowest BCUT2D eigenvalue weighted by Gasteiger charge is -2.47. The lowest BCUT2D eigenvalue weighted by Crippen LogP contribution is -2.44. The van der Waals surface area contributed by atoms with Gasteiger partial charge in [0.1, 0.15) is 0 Å². The van der Waals surface area contributed by atoms with Crippen LogP contribution in [0.15, 0.2) is 0 Å². The van der Waals surface area contributed by atoms with Crippen molar-refractivity contribution in [3.8, 4) is 0 Å². The summed E-state index contributed by atoms with van der Waals surface area (Å²) in [5.41, 5.74) is 0.966. The largest absolute Gasteiger partial charge is 0.393 e. The average molecular weight is 264 g/mol. The first-order chi connectivity index (χ1) is 8.77. The van der Waals surface area contributed by atoms with Gasteiger partial charge in [-0.25, -0.2) is 0 Å². The van der Waals surface area contributed by atoms with Gasteiger partial charge in [-0.05, 0) is 72.5 Å². The topological polar surface area (TPSA) is 20.2 Å². The van der Waals surface area contributed by atoms with Crippen LogP contribution in [0.5, 0.6) is 0 Å². The molecule has 1 nitrogen and oxygen atoms in total. The first-order valence-electron chi connectivity index (χ1n) is 8.45. The first-order valence-corrected chi connectivity index (χ1v) is 8.45. The number of aliphatic hydroxyl groups is 1. The molecule has 110 valence electrons. The fraction of sp³-hybridized carbons (Fsp3) is 1.00. The highest BCUT2D eigenvalue weighted by atomic mass is 16.3. The van der Waals surface area contributed by atoms with Crippen LogP contribution in [0.1, 0.15) is 66.7 Å². The van der Waals surface area contributed by atoms with Crippen molar-refractivity contribution in [2.24, 2.45) is 40.4 Å². The second kappa shape index (κ2) is 4.23. The van der Waals surface area contributed by atoms with E-state index in [1.165, 1.54) is 25.7 Å². The highest BCUT2D eigenvalue weighted by molar-refractivity contribution is 5.12. The Balaban J connectivity index is 1.84. The lowest BCUT2D eigenvalue weighted by molar-refractivity contribution is -0.0469. The van der Waals surface area contributed by atoms with E-state index >= 15 is 0 Å². The van der Waals surface area contributed by atoms with Gasteiger partial charge in [0.25, 0.3) is 0 Å². The van der Waals surface area contributed by atoms with Crippen molar-refractivity contribution in [3.63, 3.8) is 0 Å². The molecule has 0 unspecified atom stereocenters. The Kier molecular flexibility index (Phi) is 3.10. The molecule has 0 aromatic rings. The van der Waals surface area contributed by atoms with Crippen LogP contribution in [-0.2, 0) is 0 Å². The Morgan fingerprint density at radius 3 is 2.11 bits per heavy atom. The first kappa shape index (κ1) is 13.9. The predicted molar refractivity (Wildman–Crippen MR) is 79.8 cm³/mol. The van der Waals surface area contributed by atoms with Crippen LogP contribution in [0.4, 0.5) is 0 Å². The number of fused-ring (bicyclic) bond motifs is 2. The summed E-state index contributed by atoms with van der Waals surface area (Å²) >= 11 is 0. The summed E-state index contributed by atoms with van der Waals surface area (Å²) in [6.07, 6.45) is 6.45. The summed E-state index contributed by atoms with van der Waals surface area (Å²) in [7, 11) is 0. The highest BCUT2D eigenvalue weighted by Crippen LogP contribution is 2.70. The van der Waals surface area contributed by atoms with Crippen LogP contribution in [0, 0.1) is 40.4 Å². The van der Waals surface area contributed by atoms with Crippen molar-refractivity contribution in [3.05, 3.63) is 0 Å². The Morgan fingerprint density at radius 1 is 0.947 bits per heavy atom. The molecule has 3 saturated carbocycles. The quantitative estimate of drug-likeness (QED) is 0.739. The van der Waals surface area contributed by atoms with Gasteiger partial charge in [0.2, 0.25) is 0 Å². The molecule has 7 atom stereocenters. The monoisotopic (exact) mass is 264 g/mol. The SMILES string of the molecule is C[C@@H]1C[C@@H]([C@@H]2C[C@H]3CC[C@@]2(C)C3(C)C)[C@@H](O)C[C@H]1C. The maximum atomic E-state index is 10.6. The molecule has 0 saturated heterocycles. The van der Waals surface area contributed by atoms with Gasteiger partial charge in [-0.3, -0.25) is 0 Å². The van der Waals surface area contributed by atoms with Crippen molar-refractivity contribution in [2.75, 3.05) is 0 Å². The molecule has 0 amide bonds. The van der Waals surface area contributed by atoms with Gasteiger partial charge in [-0.15, -0.1) is 0 Å². The average Bonchev–Trinajstić information content (AvgIpc) is 2.66. The van der Waals surface area contributed by atoms with Gasteiger partial charge in [0.05, 0.1) is 6.10 Å². The Labute approximate surface area is 119 Å². The van der Waals surface area contributed by atoms with Gasteiger partial charge in [0.15, 0.2) is 0 Å². The summed E-state index contributed by atoms with van der Waals surface area (Å²) < 4.78 is 0. The van der Waals surface area contributed by atoms with Crippen LogP contribution in [0.25, 0.3) is 0 Å². The number of hydrogen-bond donors (Lipinski definition) is 1.